The second-order valence-electron chi connectivity index (χ2n) is 15.4. The minimum absolute atomic E-state index is 0.0853. The van der Waals surface area contributed by atoms with Crippen molar-refractivity contribution in [2.75, 3.05) is 0 Å². The highest BCUT2D eigenvalue weighted by Gasteiger charge is 2.21. The molecule has 51 heavy (non-hydrogen) atoms. The molecule has 0 atom stereocenters. The minimum atomic E-state index is 0.0853. The molecule has 252 valence electrons. The van der Waals surface area contributed by atoms with E-state index in [-0.39, 0.29) is 5.41 Å². The van der Waals surface area contributed by atoms with Gasteiger partial charge in [0.05, 0.1) is 0 Å². The van der Waals surface area contributed by atoms with Crippen molar-refractivity contribution in [3.05, 3.63) is 156 Å². The summed E-state index contributed by atoms with van der Waals surface area (Å²) in [6.07, 6.45) is 16.5. The Kier molecular flexibility index (Phi) is 8.68. The van der Waals surface area contributed by atoms with Crippen molar-refractivity contribution in [1.29, 1.82) is 0 Å². The van der Waals surface area contributed by atoms with Crippen molar-refractivity contribution in [1.82, 2.24) is 4.98 Å². The summed E-state index contributed by atoms with van der Waals surface area (Å²) in [5, 5.41) is 8.12. The van der Waals surface area contributed by atoms with E-state index in [0.717, 1.165) is 19.3 Å². The molecular weight excluding hydrogens is 615 g/mol. The van der Waals surface area contributed by atoms with Crippen molar-refractivity contribution in [3.8, 4) is 22.3 Å². The van der Waals surface area contributed by atoms with E-state index in [1.54, 1.807) is 0 Å². The third kappa shape index (κ3) is 6.31. The van der Waals surface area contributed by atoms with E-state index in [2.05, 4.69) is 161 Å². The lowest BCUT2D eigenvalue weighted by molar-refractivity contribution is 0.591. The quantitative estimate of drug-likeness (QED) is 0.117. The van der Waals surface area contributed by atoms with Gasteiger partial charge in [-0.15, -0.1) is 0 Å². The Morgan fingerprint density at radius 3 is 1.84 bits per heavy atom. The first kappa shape index (κ1) is 32.9. The number of hydrogen-bond donors (Lipinski definition) is 0. The first-order valence-electron chi connectivity index (χ1n) is 18.7. The summed E-state index contributed by atoms with van der Waals surface area (Å²) in [5.41, 5.74) is 14.6. The molecule has 1 aliphatic rings. The highest BCUT2D eigenvalue weighted by molar-refractivity contribution is 6.27. The third-order valence-corrected chi connectivity index (χ3v) is 11.0. The Bertz CT molecular complexity index is 2430. The van der Waals surface area contributed by atoms with Gasteiger partial charge in [-0.2, -0.15) is 0 Å². The van der Waals surface area contributed by atoms with Gasteiger partial charge < -0.3 is 0 Å². The van der Waals surface area contributed by atoms with Crippen LogP contribution in [0.5, 0.6) is 0 Å². The van der Waals surface area contributed by atoms with Gasteiger partial charge in [0.2, 0.25) is 0 Å². The monoisotopic (exact) mass is 661 g/mol. The minimum Gasteiger partial charge on any atom is -0.265 e. The Labute approximate surface area is 303 Å². The fourth-order valence-corrected chi connectivity index (χ4v) is 7.93. The van der Waals surface area contributed by atoms with Crippen LogP contribution in [0.3, 0.4) is 0 Å². The molecule has 6 aromatic carbocycles. The Balaban J connectivity index is 1.25. The van der Waals surface area contributed by atoms with E-state index in [9.17, 15) is 0 Å². The van der Waals surface area contributed by atoms with E-state index < -0.39 is 0 Å². The predicted molar refractivity (Wildman–Crippen MR) is 222 cm³/mol. The van der Waals surface area contributed by atoms with E-state index in [1.165, 1.54) is 106 Å². The van der Waals surface area contributed by atoms with Crippen LogP contribution < -0.4 is 0 Å². The highest BCUT2D eigenvalue weighted by atomic mass is 14.6. The molecule has 1 heterocycles. The Morgan fingerprint density at radius 2 is 1.22 bits per heavy atom. The molecule has 0 unspecified atom stereocenters. The van der Waals surface area contributed by atoms with Gasteiger partial charge in [-0.25, -0.2) is 0 Å². The topological polar surface area (TPSA) is 12.9 Å². The third-order valence-electron chi connectivity index (χ3n) is 11.0. The van der Waals surface area contributed by atoms with Crippen LogP contribution in [0.1, 0.15) is 89.0 Å². The molecule has 0 amide bonds. The number of hydrogen-bond acceptors (Lipinski definition) is 1. The number of rotatable bonds is 8. The maximum Gasteiger partial charge on any atom is 0.0273 e. The number of pyridine rings is 1. The summed E-state index contributed by atoms with van der Waals surface area (Å²) in [4.78, 5) is 4.17. The van der Waals surface area contributed by atoms with Crippen LogP contribution in [0.25, 0.3) is 71.3 Å². The molecule has 1 aromatic heterocycles. The molecular formula is C50H47N. The van der Waals surface area contributed by atoms with Crippen molar-refractivity contribution in [3.63, 3.8) is 0 Å². The van der Waals surface area contributed by atoms with Gasteiger partial charge in [-0.1, -0.05) is 144 Å². The van der Waals surface area contributed by atoms with E-state index in [0.29, 0.717) is 0 Å². The maximum absolute atomic E-state index is 4.17. The molecule has 8 rings (SSSR count). The average Bonchev–Trinajstić information content (AvgIpc) is 3.17. The second-order valence-corrected chi connectivity index (χ2v) is 15.4. The Hall–Kier alpha value is -5.27. The lowest BCUT2D eigenvalue weighted by Crippen LogP contribution is -2.10. The average molecular weight is 662 g/mol. The summed E-state index contributed by atoms with van der Waals surface area (Å²) in [7, 11) is 0. The molecule has 1 nitrogen and oxygen atoms in total. The number of allylic oxidation sites excluding steroid dienone is 6. The number of aromatic nitrogens is 1. The lowest BCUT2D eigenvalue weighted by Gasteiger charge is -2.24. The van der Waals surface area contributed by atoms with Crippen LogP contribution in [0.15, 0.2) is 134 Å². The predicted octanol–water partition coefficient (Wildman–Crippen LogP) is 14.5. The van der Waals surface area contributed by atoms with Gasteiger partial charge in [0.15, 0.2) is 0 Å². The highest BCUT2D eigenvalue weighted by Crippen LogP contribution is 2.45. The van der Waals surface area contributed by atoms with Gasteiger partial charge in [0, 0.05) is 12.4 Å². The summed E-state index contributed by atoms with van der Waals surface area (Å²) in [6.45, 7) is 11.4. The first-order valence-corrected chi connectivity index (χ1v) is 18.7. The number of unbranched alkanes of at least 4 members (excludes halogenated alkanes) is 2. The molecule has 1 aliphatic carbocycles. The zero-order valence-electron chi connectivity index (χ0n) is 30.7. The van der Waals surface area contributed by atoms with Crippen LogP contribution in [-0.2, 0) is 5.41 Å². The standard InChI is InChI=1S/C50H47N/c1-6-7-8-9-33(2)34-10-18-39(19-11-34)46-32-47(40-20-16-36(17-21-40)35-12-14-37(15-13-35)38-26-28-51-29-27-38)45-25-23-42-31-43(50(3,4)5)30-41-22-24-44(46)49(45)48(41)42/h9-16,18-20,22-32H,6-8,17,21H2,1-5H3/b33-9+. The maximum atomic E-state index is 4.17. The van der Waals surface area contributed by atoms with Gasteiger partial charge in [0.1, 0.15) is 0 Å². The SMILES string of the molecule is CCCC/C=C(\C)c1ccc(-c2cc(C3=CC=C(c4ccc(-c5ccncc5)cc4)CC3)c3ccc4cc(C(C)(C)C)cc5ccc2c3c45)cc1. The molecule has 1 heteroatoms. The summed E-state index contributed by atoms with van der Waals surface area (Å²) in [6, 6.07) is 39.2. The van der Waals surface area contributed by atoms with Gasteiger partial charge in [-0.3, -0.25) is 4.98 Å². The number of benzene rings is 6. The molecule has 0 fully saturated rings. The summed E-state index contributed by atoms with van der Waals surface area (Å²) >= 11 is 0. The second kappa shape index (κ2) is 13.5. The van der Waals surface area contributed by atoms with E-state index in [1.807, 2.05) is 12.4 Å². The molecule has 0 bridgehead atoms. The first-order chi connectivity index (χ1) is 24.8. The zero-order valence-corrected chi connectivity index (χ0v) is 30.7. The fourth-order valence-electron chi connectivity index (χ4n) is 7.93. The van der Waals surface area contributed by atoms with Gasteiger partial charge in [0.25, 0.3) is 0 Å². The van der Waals surface area contributed by atoms with Crippen molar-refractivity contribution >= 4 is 49.0 Å². The normalized spacial score (nSPS) is 14.0. The molecule has 7 aromatic rings. The summed E-state index contributed by atoms with van der Waals surface area (Å²) in [5.74, 6) is 0. The molecule has 0 radical (unpaired) electrons. The lowest BCUT2D eigenvalue weighted by atomic mass is 9.80. The van der Waals surface area contributed by atoms with Crippen LogP contribution in [-0.4, -0.2) is 4.98 Å². The van der Waals surface area contributed by atoms with E-state index >= 15 is 0 Å². The van der Waals surface area contributed by atoms with Crippen LogP contribution in [0.2, 0.25) is 0 Å². The molecule has 0 N–H and O–H groups in total. The molecule has 0 saturated carbocycles. The molecule has 0 saturated heterocycles. The van der Waals surface area contributed by atoms with Crippen molar-refractivity contribution in [2.45, 2.75) is 72.1 Å². The van der Waals surface area contributed by atoms with Gasteiger partial charge >= 0.3 is 0 Å². The van der Waals surface area contributed by atoms with Crippen molar-refractivity contribution < 1.29 is 0 Å². The smallest absolute Gasteiger partial charge is 0.0273 e. The van der Waals surface area contributed by atoms with Crippen LogP contribution in [0, 0.1) is 0 Å². The van der Waals surface area contributed by atoms with Crippen molar-refractivity contribution in [2.24, 2.45) is 0 Å². The number of nitrogens with zero attached hydrogens (tertiary/aromatic N) is 1. The molecule has 0 spiro atoms. The van der Waals surface area contributed by atoms with Crippen LogP contribution >= 0.6 is 0 Å². The van der Waals surface area contributed by atoms with Gasteiger partial charge in [-0.05, 0) is 143 Å². The van der Waals surface area contributed by atoms with E-state index in [4.69, 9.17) is 0 Å². The zero-order chi connectivity index (χ0) is 35.1. The Morgan fingerprint density at radius 1 is 0.627 bits per heavy atom. The molecule has 0 aliphatic heterocycles. The summed E-state index contributed by atoms with van der Waals surface area (Å²) < 4.78 is 0. The van der Waals surface area contributed by atoms with Crippen LogP contribution in [0.4, 0.5) is 0 Å². The fraction of sp³-hybridized carbons (Fsp3) is 0.220. The largest absolute Gasteiger partial charge is 0.265 e.